The van der Waals surface area contributed by atoms with Crippen molar-refractivity contribution >= 4 is 31.9 Å². The van der Waals surface area contributed by atoms with Crippen molar-refractivity contribution < 1.29 is 9.57 Å². The summed E-state index contributed by atoms with van der Waals surface area (Å²) in [5.41, 5.74) is 3.86. The number of nitrogens with one attached hydrogen (secondary N) is 1. The molecule has 0 radical (unpaired) electrons. The van der Waals surface area contributed by atoms with Gasteiger partial charge >= 0.3 is 0 Å². The highest BCUT2D eigenvalue weighted by Gasteiger charge is 2.11. The third kappa shape index (κ3) is 4.95. The molecule has 0 fully saturated rings. The smallest absolute Gasteiger partial charge is 0.147 e. The van der Waals surface area contributed by atoms with Crippen LogP contribution in [0.2, 0.25) is 0 Å². The van der Waals surface area contributed by atoms with E-state index in [0.717, 1.165) is 20.3 Å². The van der Waals surface area contributed by atoms with Crippen LogP contribution < -0.4 is 10.2 Å². The van der Waals surface area contributed by atoms with Crippen LogP contribution in [0.4, 0.5) is 0 Å². The summed E-state index contributed by atoms with van der Waals surface area (Å²) in [5, 5.41) is 0. The maximum Gasteiger partial charge on any atom is 0.147 e. The molecule has 0 unspecified atom stereocenters. The Bertz CT molecular complexity index is 366. The van der Waals surface area contributed by atoms with Crippen molar-refractivity contribution in [1.82, 2.24) is 5.48 Å². The maximum atomic E-state index is 5.46. The summed E-state index contributed by atoms with van der Waals surface area (Å²) in [6.07, 6.45) is 0. The van der Waals surface area contributed by atoms with E-state index >= 15 is 0 Å². The second kappa shape index (κ2) is 6.18. The van der Waals surface area contributed by atoms with E-state index in [0.29, 0.717) is 6.54 Å². The first-order valence-electron chi connectivity index (χ1n) is 5.26. The summed E-state index contributed by atoms with van der Waals surface area (Å²) in [7, 11) is 1.64. The van der Waals surface area contributed by atoms with E-state index in [-0.39, 0.29) is 5.60 Å². The zero-order chi connectivity index (χ0) is 13.1. The number of hydrogen-bond donors (Lipinski definition) is 1. The van der Waals surface area contributed by atoms with E-state index in [9.17, 15) is 0 Å². The van der Waals surface area contributed by atoms with Crippen LogP contribution in [0, 0.1) is 0 Å². The summed E-state index contributed by atoms with van der Waals surface area (Å²) in [6.45, 7) is 6.64. The second-order valence-electron chi connectivity index (χ2n) is 4.63. The molecule has 1 N–H and O–H groups in total. The van der Waals surface area contributed by atoms with Crippen molar-refractivity contribution in [1.29, 1.82) is 0 Å². The summed E-state index contributed by atoms with van der Waals surface area (Å²) >= 11 is 6.93. The molecule has 0 aliphatic rings. The molecule has 17 heavy (non-hydrogen) atoms. The van der Waals surface area contributed by atoms with Gasteiger partial charge in [-0.2, -0.15) is 5.48 Å². The molecule has 0 aliphatic carbocycles. The molecule has 0 atom stereocenters. The number of rotatable bonds is 4. The second-order valence-corrected chi connectivity index (χ2v) is 6.34. The minimum Gasteiger partial charge on any atom is -0.494 e. The zero-order valence-electron chi connectivity index (χ0n) is 10.4. The predicted molar refractivity (Wildman–Crippen MR) is 76.1 cm³/mol. The summed E-state index contributed by atoms with van der Waals surface area (Å²) in [5.74, 6) is 0.797. The molecule has 1 aromatic carbocycles. The lowest BCUT2D eigenvalue weighted by Crippen LogP contribution is -2.28. The topological polar surface area (TPSA) is 30.5 Å². The molecule has 0 saturated carbocycles. The molecule has 96 valence electrons. The average molecular weight is 367 g/mol. The van der Waals surface area contributed by atoms with Gasteiger partial charge in [-0.3, -0.25) is 4.84 Å². The molecule has 1 aromatic rings. The average Bonchev–Trinajstić information content (AvgIpc) is 2.15. The Kier molecular flexibility index (Phi) is 5.44. The first-order chi connectivity index (χ1) is 7.83. The van der Waals surface area contributed by atoms with E-state index in [4.69, 9.17) is 9.57 Å². The van der Waals surface area contributed by atoms with Gasteiger partial charge in [0.05, 0.1) is 21.7 Å². The molecular formula is C12H17Br2NO2. The Morgan fingerprint density at radius 3 is 2.12 bits per heavy atom. The number of halogens is 2. The monoisotopic (exact) mass is 365 g/mol. The summed E-state index contributed by atoms with van der Waals surface area (Å²) < 4.78 is 7.08. The number of hydroxylamine groups is 1. The molecule has 0 aliphatic heterocycles. The van der Waals surface area contributed by atoms with Crippen molar-refractivity contribution in [3.63, 3.8) is 0 Å². The van der Waals surface area contributed by atoms with Gasteiger partial charge in [-0.1, -0.05) is 0 Å². The van der Waals surface area contributed by atoms with E-state index in [1.165, 1.54) is 0 Å². The lowest BCUT2D eigenvalue weighted by atomic mass is 10.2. The van der Waals surface area contributed by atoms with Crippen LogP contribution >= 0.6 is 31.9 Å². The molecular weight excluding hydrogens is 350 g/mol. The lowest BCUT2D eigenvalue weighted by molar-refractivity contribution is -0.0757. The van der Waals surface area contributed by atoms with Crippen LogP contribution in [0.15, 0.2) is 21.1 Å². The fourth-order valence-corrected chi connectivity index (χ4v) is 2.85. The zero-order valence-corrected chi connectivity index (χ0v) is 13.6. The number of hydrogen-bond acceptors (Lipinski definition) is 3. The Labute approximate surface area is 119 Å². The minimum atomic E-state index is -0.194. The number of methoxy groups -OCH3 is 1. The lowest BCUT2D eigenvalue weighted by Gasteiger charge is -2.19. The van der Waals surface area contributed by atoms with Crippen LogP contribution in [0.25, 0.3) is 0 Å². The first kappa shape index (κ1) is 15.0. The molecule has 0 aromatic heterocycles. The SMILES string of the molecule is COc1c(Br)cc(CNOC(C)(C)C)cc1Br. The van der Waals surface area contributed by atoms with Gasteiger partial charge in [0.15, 0.2) is 0 Å². The van der Waals surface area contributed by atoms with E-state index in [2.05, 4.69) is 37.3 Å². The Hall–Kier alpha value is -0.100. The third-order valence-corrected chi connectivity index (χ3v) is 3.09. The normalized spacial score (nSPS) is 11.6. The molecule has 3 nitrogen and oxygen atoms in total. The van der Waals surface area contributed by atoms with E-state index in [1.807, 2.05) is 32.9 Å². The fourth-order valence-electron chi connectivity index (χ4n) is 1.25. The Balaban J connectivity index is 2.67. The Morgan fingerprint density at radius 2 is 1.71 bits per heavy atom. The molecule has 0 heterocycles. The number of benzene rings is 1. The van der Waals surface area contributed by atoms with Gasteiger partial charge in [-0.25, -0.2) is 0 Å². The summed E-state index contributed by atoms with van der Waals surface area (Å²) in [6, 6.07) is 4.01. The van der Waals surface area contributed by atoms with Gasteiger partial charge < -0.3 is 4.74 Å². The summed E-state index contributed by atoms with van der Waals surface area (Å²) in [4.78, 5) is 5.46. The van der Waals surface area contributed by atoms with Gasteiger partial charge in [0, 0.05) is 6.54 Å². The molecule has 5 heteroatoms. The number of ether oxygens (including phenoxy) is 1. The minimum absolute atomic E-state index is 0.194. The van der Waals surface area contributed by atoms with Gasteiger partial charge in [-0.05, 0) is 70.3 Å². The van der Waals surface area contributed by atoms with Crippen LogP contribution in [0.5, 0.6) is 5.75 Å². The fraction of sp³-hybridized carbons (Fsp3) is 0.500. The predicted octanol–water partition coefficient (Wildman–Crippen LogP) is 4.04. The van der Waals surface area contributed by atoms with Gasteiger partial charge in [-0.15, -0.1) is 0 Å². The van der Waals surface area contributed by atoms with Gasteiger partial charge in [0.2, 0.25) is 0 Å². The third-order valence-electron chi connectivity index (χ3n) is 1.92. The first-order valence-corrected chi connectivity index (χ1v) is 6.85. The van der Waals surface area contributed by atoms with Gasteiger partial charge in [0.25, 0.3) is 0 Å². The van der Waals surface area contributed by atoms with Crippen LogP contribution in [-0.4, -0.2) is 12.7 Å². The highest BCUT2D eigenvalue weighted by atomic mass is 79.9. The highest BCUT2D eigenvalue weighted by molar-refractivity contribution is 9.11. The largest absolute Gasteiger partial charge is 0.494 e. The van der Waals surface area contributed by atoms with E-state index < -0.39 is 0 Å². The van der Waals surface area contributed by atoms with Crippen molar-refractivity contribution in [3.8, 4) is 5.75 Å². The molecule has 0 amide bonds. The quantitative estimate of drug-likeness (QED) is 0.815. The van der Waals surface area contributed by atoms with Crippen LogP contribution in [-0.2, 0) is 11.4 Å². The van der Waals surface area contributed by atoms with Crippen molar-refractivity contribution in [2.24, 2.45) is 0 Å². The van der Waals surface area contributed by atoms with E-state index in [1.54, 1.807) is 7.11 Å². The highest BCUT2D eigenvalue weighted by Crippen LogP contribution is 2.34. The Morgan fingerprint density at radius 1 is 1.18 bits per heavy atom. The van der Waals surface area contributed by atoms with Crippen LogP contribution in [0.1, 0.15) is 26.3 Å². The van der Waals surface area contributed by atoms with Crippen molar-refractivity contribution in [3.05, 3.63) is 26.6 Å². The van der Waals surface area contributed by atoms with Crippen molar-refractivity contribution in [2.45, 2.75) is 32.9 Å². The standard InChI is InChI=1S/C12H17Br2NO2/c1-12(2,3)17-15-7-8-5-9(13)11(16-4)10(14)6-8/h5-6,15H,7H2,1-4H3. The molecule has 1 rings (SSSR count). The molecule has 0 spiro atoms. The molecule has 0 saturated heterocycles. The van der Waals surface area contributed by atoms with Gasteiger partial charge in [0.1, 0.15) is 5.75 Å². The van der Waals surface area contributed by atoms with Crippen LogP contribution in [0.3, 0.4) is 0 Å². The molecule has 0 bridgehead atoms. The maximum absolute atomic E-state index is 5.46. The van der Waals surface area contributed by atoms with Crippen molar-refractivity contribution in [2.75, 3.05) is 7.11 Å².